The van der Waals surface area contributed by atoms with Crippen LogP contribution in [0.4, 0.5) is 0 Å². The standard InChI is InChI=1S/C18H27N3/c1-5-14(3)17(15-10-8-7-9-11-15)18(19-4)16-12-20-21(6-2)13-16/h7-14,17-19H,5-6H2,1-4H3. The molecular weight excluding hydrogens is 258 g/mol. The van der Waals surface area contributed by atoms with Crippen LogP contribution < -0.4 is 5.32 Å². The first-order valence-electron chi connectivity index (χ1n) is 7.95. The van der Waals surface area contributed by atoms with Crippen molar-refractivity contribution in [2.75, 3.05) is 7.05 Å². The topological polar surface area (TPSA) is 29.9 Å². The lowest BCUT2D eigenvalue weighted by Crippen LogP contribution is -2.27. The average Bonchev–Trinajstić information content (AvgIpc) is 3.01. The zero-order chi connectivity index (χ0) is 15.2. The van der Waals surface area contributed by atoms with Crippen LogP contribution in [0.5, 0.6) is 0 Å². The van der Waals surface area contributed by atoms with Gasteiger partial charge in [-0.25, -0.2) is 0 Å². The summed E-state index contributed by atoms with van der Waals surface area (Å²) in [6.07, 6.45) is 5.34. The third kappa shape index (κ3) is 3.53. The molecule has 0 aliphatic rings. The summed E-state index contributed by atoms with van der Waals surface area (Å²) in [5.41, 5.74) is 2.67. The molecule has 0 fully saturated rings. The summed E-state index contributed by atoms with van der Waals surface area (Å²) in [4.78, 5) is 0. The van der Waals surface area contributed by atoms with Crippen molar-refractivity contribution in [3.8, 4) is 0 Å². The van der Waals surface area contributed by atoms with Crippen LogP contribution in [0.25, 0.3) is 0 Å². The van der Waals surface area contributed by atoms with Crippen molar-refractivity contribution < 1.29 is 0 Å². The molecule has 0 saturated heterocycles. The van der Waals surface area contributed by atoms with Gasteiger partial charge in [0.25, 0.3) is 0 Å². The lowest BCUT2D eigenvalue weighted by molar-refractivity contribution is 0.354. The Hall–Kier alpha value is -1.61. The van der Waals surface area contributed by atoms with Crippen molar-refractivity contribution >= 4 is 0 Å². The van der Waals surface area contributed by atoms with Gasteiger partial charge in [0.2, 0.25) is 0 Å². The second-order valence-corrected chi connectivity index (χ2v) is 5.72. The Morgan fingerprint density at radius 1 is 1.14 bits per heavy atom. The predicted molar refractivity (Wildman–Crippen MR) is 88.3 cm³/mol. The highest BCUT2D eigenvalue weighted by Crippen LogP contribution is 2.38. The van der Waals surface area contributed by atoms with Crippen LogP contribution in [0.1, 0.15) is 50.3 Å². The number of rotatable bonds is 7. The number of aromatic nitrogens is 2. The summed E-state index contributed by atoms with van der Waals surface area (Å²) in [5, 5.41) is 7.96. The predicted octanol–water partition coefficient (Wildman–Crippen LogP) is 3.99. The molecule has 114 valence electrons. The average molecular weight is 285 g/mol. The fourth-order valence-electron chi connectivity index (χ4n) is 3.05. The highest BCUT2D eigenvalue weighted by atomic mass is 15.3. The van der Waals surface area contributed by atoms with Crippen molar-refractivity contribution in [3.63, 3.8) is 0 Å². The van der Waals surface area contributed by atoms with E-state index in [9.17, 15) is 0 Å². The van der Waals surface area contributed by atoms with Gasteiger partial charge in [-0.1, -0.05) is 50.6 Å². The fourth-order valence-corrected chi connectivity index (χ4v) is 3.05. The summed E-state index contributed by atoms with van der Waals surface area (Å²) >= 11 is 0. The maximum absolute atomic E-state index is 4.44. The summed E-state index contributed by atoms with van der Waals surface area (Å²) in [6, 6.07) is 11.1. The molecule has 0 aliphatic heterocycles. The van der Waals surface area contributed by atoms with Crippen molar-refractivity contribution in [2.45, 2.75) is 45.7 Å². The highest BCUT2D eigenvalue weighted by Gasteiger charge is 2.28. The molecular formula is C18H27N3. The van der Waals surface area contributed by atoms with Crippen LogP contribution in [0.15, 0.2) is 42.7 Å². The van der Waals surface area contributed by atoms with Gasteiger partial charge in [0, 0.05) is 30.3 Å². The Kier molecular flexibility index (Phi) is 5.57. The zero-order valence-electron chi connectivity index (χ0n) is 13.6. The van der Waals surface area contributed by atoms with E-state index in [0.29, 0.717) is 17.9 Å². The molecule has 0 amide bonds. The molecule has 0 spiro atoms. The van der Waals surface area contributed by atoms with Gasteiger partial charge in [-0.3, -0.25) is 4.68 Å². The Morgan fingerprint density at radius 2 is 1.86 bits per heavy atom. The smallest absolute Gasteiger partial charge is 0.0537 e. The first-order valence-corrected chi connectivity index (χ1v) is 7.95. The van der Waals surface area contributed by atoms with Gasteiger partial charge < -0.3 is 5.32 Å². The number of hydrogen-bond acceptors (Lipinski definition) is 2. The first-order chi connectivity index (χ1) is 10.2. The van der Waals surface area contributed by atoms with Crippen LogP contribution in [0.3, 0.4) is 0 Å². The van der Waals surface area contributed by atoms with E-state index in [1.807, 2.05) is 17.9 Å². The number of aryl methyl sites for hydroxylation is 1. The van der Waals surface area contributed by atoms with Crippen molar-refractivity contribution in [1.82, 2.24) is 15.1 Å². The first kappa shape index (κ1) is 15.8. The quantitative estimate of drug-likeness (QED) is 0.833. The highest BCUT2D eigenvalue weighted by molar-refractivity contribution is 5.26. The van der Waals surface area contributed by atoms with E-state index in [4.69, 9.17) is 0 Å². The molecule has 3 atom stereocenters. The summed E-state index contributed by atoms with van der Waals surface area (Å²) in [6.45, 7) is 7.64. The van der Waals surface area contributed by atoms with Crippen LogP contribution in [-0.4, -0.2) is 16.8 Å². The maximum atomic E-state index is 4.44. The molecule has 1 heterocycles. The molecule has 21 heavy (non-hydrogen) atoms. The van der Waals surface area contributed by atoms with Crippen LogP contribution >= 0.6 is 0 Å². The van der Waals surface area contributed by atoms with E-state index in [0.717, 1.165) is 6.54 Å². The lowest BCUT2D eigenvalue weighted by atomic mass is 9.78. The molecule has 2 rings (SSSR count). The van der Waals surface area contributed by atoms with Gasteiger partial charge in [-0.15, -0.1) is 0 Å². The van der Waals surface area contributed by atoms with E-state index in [-0.39, 0.29) is 0 Å². The lowest BCUT2D eigenvalue weighted by Gasteiger charge is -2.31. The molecule has 1 aromatic carbocycles. The minimum atomic E-state index is 0.294. The second-order valence-electron chi connectivity index (χ2n) is 5.72. The third-order valence-electron chi connectivity index (χ3n) is 4.45. The second kappa shape index (κ2) is 7.41. The van der Waals surface area contributed by atoms with Gasteiger partial charge >= 0.3 is 0 Å². The van der Waals surface area contributed by atoms with Crippen molar-refractivity contribution in [1.29, 1.82) is 0 Å². The van der Waals surface area contributed by atoms with Crippen molar-refractivity contribution in [3.05, 3.63) is 53.9 Å². The molecule has 1 aromatic heterocycles. The SMILES string of the molecule is CCC(C)C(c1ccccc1)C(NC)c1cnn(CC)c1. The van der Waals surface area contributed by atoms with Crippen LogP contribution in [0, 0.1) is 5.92 Å². The monoisotopic (exact) mass is 285 g/mol. The van der Waals surface area contributed by atoms with E-state index >= 15 is 0 Å². The number of nitrogens with zero attached hydrogens (tertiary/aromatic N) is 2. The molecule has 1 N–H and O–H groups in total. The van der Waals surface area contributed by atoms with E-state index in [1.165, 1.54) is 17.5 Å². The fraction of sp³-hybridized carbons (Fsp3) is 0.500. The number of likely N-dealkylation sites (N-methyl/N-ethyl adjacent to an activating group) is 1. The molecule has 2 aromatic rings. The van der Waals surface area contributed by atoms with Gasteiger partial charge in [0.05, 0.1) is 6.20 Å². The Balaban J connectivity index is 2.37. The molecule has 3 nitrogen and oxygen atoms in total. The maximum Gasteiger partial charge on any atom is 0.0537 e. The minimum absolute atomic E-state index is 0.294. The molecule has 3 unspecified atom stereocenters. The van der Waals surface area contributed by atoms with Gasteiger partial charge in [0.1, 0.15) is 0 Å². The zero-order valence-corrected chi connectivity index (χ0v) is 13.6. The molecule has 0 aliphatic carbocycles. The Morgan fingerprint density at radius 3 is 2.38 bits per heavy atom. The van der Waals surface area contributed by atoms with Gasteiger partial charge in [-0.2, -0.15) is 5.10 Å². The molecule has 0 radical (unpaired) electrons. The largest absolute Gasteiger partial charge is 0.312 e. The van der Waals surface area contributed by atoms with Crippen LogP contribution in [-0.2, 0) is 6.54 Å². The van der Waals surface area contributed by atoms with E-state index in [2.05, 4.69) is 67.7 Å². The third-order valence-corrected chi connectivity index (χ3v) is 4.45. The van der Waals surface area contributed by atoms with Gasteiger partial charge in [0.15, 0.2) is 0 Å². The van der Waals surface area contributed by atoms with Crippen LogP contribution in [0.2, 0.25) is 0 Å². The number of benzene rings is 1. The molecule has 3 heteroatoms. The number of nitrogens with one attached hydrogen (secondary N) is 1. The van der Waals surface area contributed by atoms with E-state index < -0.39 is 0 Å². The molecule has 0 saturated carbocycles. The Bertz CT molecular complexity index is 532. The molecule has 0 bridgehead atoms. The minimum Gasteiger partial charge on any atom is -0.312 e. The normalized spacial score (nSPS) is 15.6. The summed E-state index contributed by atoms with van der Waals surface area (Å²) < 4.78 is 2.00. The van der Waals surface area contributed by atoms with Gasteiger partial charge in [-0.05, 0) is 25.5 Å². The Labute approximate surface area is 128 Å². The van der Waals surface area contributed by atoms with E-state index in [1.54, 1.807) is 0 Å². The number of hydrogen-bond donors (Lipinski definition) is 1. The summed E-state index contributed by atoms with van der Waals surface area (Å²) in [5.74, 6) is 1.06. The van der Waals surface area contributed by atoms with Crippen molar-refractivity contribution in [2.24, 2.45) is 5.92 Å². The summed E-state index contributed by atoms with van der Waals surface area (Å²) in [7, 11) is 2.05.